The summed E-state index contributed by atoms with van der Waals surface area (Å²) in [7, 11) is 0. The van der Waals surface area contributed by atoms with E-state index in [0.717, 1.165) is 57.3 Å². The SMILES string of the molecule is Cc1c(C(=O)N2CC(=O)NC3CCCCC32)nnn1C1CCNCC1. The molecule has 0 radical (unpaired) electrons. The van der Waals surface area contributed by atoms with Crippen molar-refractivity contribution < 1.29 is 9.59 Å². The van der Waals surface area contributed by atoms with Crippen LogP contribution < -0.4 is 10.6 Å². The summed E-state index contributed by atoms with van der Waals surface area (Å²) in [6, 6.07) is 0.462. The van der Waals surface area contributed by atoms with Crippen molar-refractivity contribution in [3.8, 4) is 0 Å². The molecule has 8 heteroatoms. The van der Waals surface area contributed by atoms with E-state index in [1.807, 2.05) is 11.6 Å². The molecule has 0 spiro atoms. The maximum absolute atomic E-state index is 13.1. The van der Waals surface area contributed by atoms with Crippen molar-refractivity contribution in [3.05, 3.63) is 11.4 Å². The van der Waals surface area contributed by atoms with E-state index < -0.39 is 0 Å². The van der Waals surface area contributed by atoms with Gasteiger partial charge in [0.2, 0.25) is 5.91 Å². The lowest BCUT2D eigenvalue weighted by atomic mass is 9.87. The Labute approximate surface area is 147 Å². The van der Waals surface area contributed by atoms with Crippen LogP contribution in [0.2, 0.25) is 0 Å². The summed E-state index contributed by atoms with van der Waals surface area (Å²) in [6.45, 7) is 3.96. The number of hydrogen-bond donors (Lipinski definition) is 2. The van der Waals surface area contributed by atoms with Gasteiger partial charge in [-0.25, -0.2) is 4.68 Å². The van der Waals surface area contributed by atoms with Gasteiger partial charge in [0.25, 0.3) is 5.91 Å². The quantitative estimate of drug-likeness (QED) is 0.808. The standard InChI is InChI=1S/C17H26N6O2/c1-11-16(20-21-23(11)12-6-8-18-9-7-12)17(25)22-10-15(24)19-13-4-2-3-5-14(13)22/h12-14,18H,2-10H2,1H3,(H,19,24). The summed E-state index contributed by atoms with van der Waals surface area (Å²) < 4.78 is 1.90. The van der Waals surface area contributed by atoms with Crippen molar-refractivity contribution in [2.24, 2.45) is 0 Å². The second kappa shape index (κ2) is 6.74. The van der Waals surface area contributed by atoms with Crippen LogP contribution in [0.5, 0.6) is 0 Å². The molecular formula is C17H26N6O2. The molecular weight excluding hydrogens is 320 g/mol. The molecule has 2 aliphatic heterocycles. The number of hydrogen-bond acceptors (Lipinski definition) is 5. The molecule has 0 bridgehead atoms. The van der Waals surface area contributed by atoms with Crippen LogP contribution in [0.1, 0.15) is 60.7 Å². The largest absolute Gasteiger partial charge is 0.350 e. The topological polar surface area (TPSA) is 92.2 Å². The highest BCUT2D eigenvalue weighted by Crippen LogP contribution is 2.28. The first-order valence-corrected chi connectivity index (χ1v) is 9.38. The fourth-order valence-corrected chi connectivity index (χ4v) is 4.47. The van der Waals surface area contributed by atoms with Gasteiger partial charge < -0.3 is 15.5 Å². The predicted molar refractivity (Wildman–Crippen MR) is 91.1 cm³/mol. The highest BCUT2D eigenvalue weighted by atomic mass is 16.2. The fourth-order valence-electron chi connectivity index (χ4n) is 4.47. The first kappa shape index (κ1) is 16.5. The number of nitrogens with zero attached hydrogens (tertiary/aromatic N) is 4. The lowest BCUT2D eigenvalue weighted by Crippen LogP contribution is -2.63. The lowest BCUT2D eigenvalue weighted by molar-refractivity contribution is -0.127. The van der Waals surface area contributed by atoms with Crippen molar-refractivity contribution in [1.82, 2.24) is 30.5 Å². The van der Waals surface area contributed by atoms with Gasteiger partial charge in [0, 0.05) is 6.04 Å². The van der Waals surface area contributed by atoms with Gasteiger partial charge in [0.15, 0.2) is 5.69 Å². The van der Waals surface area contributed by atoms with Crippen LogP contribution >= 0.6 is 0 Å². The zero-order valence-electron chi connectivity index (χ0n) is 14.7. The average molecular weight is 346 g/mol. The summed E-state index contributed by atoms with van der Waals surface area (Å²) in [6.07, 6.45) is 6.08. The third kappa shape index (κ3) is 3.03. The average Bonchev–Trinajstić information content (AvgIpc) is 3.02. The second-order valence-corrected chi connectivity index (χ2v) is 7.41. The molecule has 3 aliphatic rings. The monoisotopic (exact) mass is 346 g/mol. The minimum absolute atomic E-state index is 0.0695. The van der Waals surface area contributed by atoms with E-state index in [-0.39, 0.29) is 30.4 Å². The Balaban J connectivity index is 1.57. The van der Waals surface area contributed by atoms with Crippen LogP contribution in [0, 0.1) is 6.92 Å². The van der Waals surface area contributed by atoms with Gasteiger partial charge in [-0.3, -0.25) is 9.59 Å². The van der Waals surface area contributed by atoms with E-state index in [9.17, 15) is 9.59 Å². The molecule has 2 saturated heterocycles. The number of nitrogens with one attached hydrogen (secondary N) is 2. The first-order valence-electron chi connectivity index (χ1n) is 9.38. The highest BCUT2D eigenvalue weighted by Gasteiger charge is 2.40. The number of fused-ring (bicyclic) bond motifs is 1. The molecule has 3 heterocycles. The molecule has 25 heavy (non-hydrogen) atoms. The number of rotatable bonds is 2. The number of piperazine rings is 1. The minimum atomic E-state index is -0.149. The Morgan fingerprint density at radius 3 is 2.72 bits per heavy atom. The van der Waals surface area contributed by atoms with Crippen molar-refractivity contribution in [2.75, 3.05) is 19.6 Å². The van der Waals surface area contributed by atoms with Gasteiger partial charge >= 0.3 is 0 Å². The Kier molecular flexibility index (Phi) is 4.45. The summed E-state index contributed by atoms with van der Waals surface area (Å²) in [5, 5.41) is 14.9. The second-order valence-electron chi connectivity index (χ2n) is 7.41. The van der Waals surface area contributed by atoms with E-state index in [4.69, 9.17) is 0 Å². The summed E-state index contributed by atoms with van der Waals surface area (Å²) in [5.74, 6) is -0.218. The van der Waals surface area contributed by atoms with Crippen LogP contribution in [-0.2, 0) is 4.79 Å². The number of piperidine rings is 1. The molecule has 1 saturated carbocycles. The first-order chi connectivity index (χ1) is 12.1. The molecule has 2 atom stereocenters. The van der Waals surface area contributed by atoms with Gasteiger partial charge in [-0.15, -0.1) is 5.10 Å². The number of amides is 2. The zero-order valence-corrected chi connectivity index (χ0v) is 14.7. The Hall–Kier alpha value is -1.96. The van der Waals surface area contributed by atoms with Gasteiger partial charge in [-0.2, -0.15) is 0 Å². The zero-order chi connectivity index (χ0) is 17.4. The van der Waals surface area contributed by atoms with Gasteiger partial charge in [-0.1, -0.05) is 18.1 Å². The molecule has 1 aliphatic carbocycles. The maximum Gasteiger partial charge on any atom is 0.277 e. The summed E-state index contributed by atoms with van der Waals surface area (Å²) in [4.78, 5) is 26.9. The predicted octanol–water partition coefficient (Wildman–Crippen LogP) is 0.394. The number of carbonyl (C=O) groups is 2. The summed E-state index contributed by atoms with van der Waals surface area (Å²) in [5.41, 5.74) is 1.22. The van der Waals surface area contributed by atoms with E-state index >= 15 is 0 Å². The van der Waals surface area contributed by atoms with E-state index in [1.54, 1.807) is 4.90 Å². The van der Waals surface area contributed by atoms with Crippen molar-refractivity contribution in [1.29, 1.82) is 0 Å². The molecule has 8 nitrogen and oxygen atoms in total. The van der Waals surface area contributed by atoms with Crippen LogP contribution in [-0.4, -0.2) is 63.4 Å². The molecule has 0 aromatic carbocycles. The number of aromatic nitrogens is 3. The molecule has 2 amide bonds. The molecule has 3 fully saturated rings. The van der Waals surface area contributed by atoms with E-state index in [1.165, 1.54) is 0 Å². The molecule has 4 rings (SSSR count). The fraction of sp³-hybridized carbons (Fsp3) is 0.765. The van der Waals surface area contributed by atoms with Crippen LogP contribution in [0.25, 0.3) is 0 Å². The Morgan fingerprint density at radius 2 is 1.92 bits per heavy atom. The molecule has 2 N–H and O–H groups in total. The van der Waals surface area contributed by atoms with Crippen molar-refractivity contribution >= 4 is 11.8 Å². The van der Waals surface area contributed by atoms with Crippen molar-refractivity contribution in [3.63, 3.8) is 0 Å². The lowest BCUT2D eigenvalue weighted by Gasteiger charge is -2.43. The molecule has 1 aromatic heterocycles. The van der Waals surface area contributed by atoms with Crippen LogP contribution in [0.15, 0.2) is 0 Å². The van der Waals surface area contributed by atoms with E-state index in [2.05, 4.69) is 20.9 Å². The Morgan fingerprint density at radius 1 is 1.16 bits per heavy atom. The number of carbonyl (C=O) groups excluding carboxylic acids is 2. The van der Waals surface area contributed by atoms with Gasteiger partial charge in [0.05, 0.1) is 17.8 Å². The van der Waals surface area contributed by atoms with Crippen LogP contribution in [0.4, 0.5) is 0 Å². The molecule has 136 valence electrons. The van der Waals surface area contributed by atoms with Crippen LogP contribution in [0.3, 0.4) is 0 Å². The van der Waals surface area contributed by atoms with Gasteiger partial charge in [-0.05, 0) is 45.7 Å². The summed E-state index contributed by atoms with van der Waals surface area (Å²) >= 11 is 0. The van der Waals surface area contributed by atoms with Gasteiger partial charge in [0.1, 0.15) is 6.54 Å². The maximum atomic E-state index is 13.1. The van der Waals surface area contributed by atoms with E-state index in [0.29, 0.717) is 11.7 Å². The normalized spacial score (nSPS) is 27.7. The molecule has 2 unspecified atom stereocenters. The minimum Gasteiger partial charge on any atom is -0.350 e. The van der Waals surface area contributed by atoms with Crippen molar-refractivity contribution in [2.45, 2.75) is 63.6 Å². The Bertz CT molecular complexity index is 666. The third-order valence-electron chi connectivity index (χ3n) is 5.84. The smallest absolute Gasteiger partial charge is 0.277 e. The third-order valence-corrected chi connectivity index (χ3v) is 5.84. The molecule has 1 aromatic rings. The highest BCUT2D eigenvalue weighted by molar-refractivity contribution is 5.96.